The Balaban J connectivity index is 1.92. The molecule has 0 saturated carbocycles. The highest BCUT2D eigenvalue weighted by Gasteiger charge is 2.30. The number of nitrogens with zero attached hydrogens (tertiary/aromatic N) is 3. The van der Waals surface area contributed by atoms with Gasteiger partial charge in [-0.3, -0.25) is 4.99 Å². The second-order valence-electron chi connectivity index (χ2n) is 5.69. The molecular formula is C18H15N3. The summed E-state index contributed by atoms with van der Waals surface area (Å²) in [4.78, 5) is 6.77. The molecule has 1 unspecified atom stereocenters. The van der Waals surface area contributed by atoms with Gasteiger partial charge in [0.1, 0.15) is 0 Å². The molecule has 3 heteroatoms. The smallest absolute Gasteiger partial charge is 0.0959 e. The number of allylic oxidation sites excluding steroid dienone is 4. The van der Waals surface area contributed by atoms with Crippen LogP contribution in [0.15, 0.2) is 65.7 Å². The summed E-state index contributed by atoms with van der Waals surface area (Å²) in [6, 6.07) is 8.97. The first kappa shape index (κ1) is 11.1. The van der Waals surface area contributed by atoms with E-state index in [2.05, 4.69) is 69.5 Å². The van der Waals surface area contributed by atoms with Crippen LogP contribution < -0.4 is 0 Å². The molecule has 5 rings (SSSR count). The Morgan fingerprint density at radius 2 is 2.19 bits per heavy atom. The lowest BCUT2D eigenvalue weighted by Crippen LogP contribution is -2.26. The summed E-state index contributed by atoms with van der Waals surface area (Å²) in [5.74, 6) is 0. The van der Waals surface area contributed by atoms with E-state index in [1.54, 1.807) is 0 Å². The van der Waals surface area contributed by atoms with E-state index < -0.39 is 0 Å². The van der Waals surface area contributed by atoms with Gasteiger partial charge in [-0.05, 0) is 25.0 Å². The first-order valence-electron chi connectivity index (χ1n) is 7.42. The molecule has 0 fully saturated rings. The molecule has 2 aliphatic heterocycles. The van der Waals surface area contributed by atoms with E-state index in [-0.39, 0.29) is 6.04 Å². The first-order chi connectivity index (χ1) is 10.4. The fraction of sp³-hybridized carbons (Fsp3) is 0.167. The van der Waals surface area contributed by atoms with Gasteiger partial charge in [-0.2, -0.15) is 0 Å². The third kappa shape index (κ3) is 1.40. The summed E-state index contributed by atoms with van der Waals surface area (Å²) in [6.07, 6.45) is 15.0. The minimum Gasteiger partial charge on any atom is -0.335 e. The molecule has 1 aromatic carbocycles. The van der Waals surface area contributed by atoms with Crippen LogP contribution in [0, 0.1) is 0 Å². The number of aliphatic imine (C=N–C) groups is 1. The number of rotatable bonds is 0. The maximum absolute atomic E-state index is 4.39. The average Bonchev–Trinajstić information content (AvgIpc) is 2.94. The van der Waals surface area contributed by atoms with Crippen molar-refractivity contribution in [2.75, 3.05) is 0 Å². The van der Waals surface area contributed by atoms with Crippen LogP contribution in [0.1, 0.15) is 24.4 Å². The van der Waals surface area contributed by atoms with Gasteiger partial charge >= 0.3 is 0 Å². The van der Waals surface area contributed by atoms with Crippen molar-refractivity contribution in [1.29, 1.82) is 0 Å². The second-order valence-corrected chi connectivity index (χ2v) is 5.69. The zero-order valence-electron chi connectivity index (χ0n) is 11.6. The fourth-order valence-corrected chi connectivity index (χ4v) is 3.68. The highest BCUT2D eigenvalue weighted by atomic mass is 15.2. The molecular weight excluding hydrogens is 258 g/mol. The summed E-state index contributed by atoms with van der Waals surface area (Å²) in [7, 11) is 0. The van der Waals surface area contributed by atoms with Crippen molar-refractivity contribution in [3.63, 3.8) is 0 Å². The summed E-state index contributed by atoms with van der Waals surface area (Å²) < 4.78 is 2.34. The van der Waals surface area contributed by atoms with Gasteiger partial charge in [-0.1, -0.05) is 24.3 Å². The monoisotopic (exact) mass is 273 g/mol. The van der Waals surface area contributed by atoms with Gasteiger partial charge in [-0.25, -0.2) is 0 Å². The van der Waals surface area contributed by atoms with Crippen LogP contribution in [0.25, 0.3) is 16.6 Å². The summed E-state index contributed by atoms with van der Waals surface area (Å²) in [6.45, 7) is 0. The van der Waals surface area contributed by atoms with Gasteiger partial charge < -0.3 is 9.47 Å². The fourth-order valence-electron chi connectivity index (χ4n) is 3.68. The molecule has 3 aliphatic rings. The average molecular weight is 273 g/mol. The summed E-state index contributed by atoms with van der Waals surface area (Å²) in [5, 5.41) is 1.29. The SMILES string of the molecule is C1=CC2=C(CC1)N1C=CN=CC1c1cccc3ccn2c13. The molecule has 2 aromatic rings. The van der Waals surface area contributed by atoms with E-state index in [4.69, 9.17) is 0 Å². The minimum absolute atomic E-state index is 0.200. The minimum atomic E-state index is 0.200. The molecule has 0 amide bonds. The number of hydrogen-bond donors (Lipinski definition) is 0. The summed E-state index contributed by atoms with van der Waals surface area (Å²) in [5.41, 5.74) is 5.32. The summed E-state index contributed by atoms with van der Waals surface area (Å²) >= 11 is 0. The van der Waals surface area contributed by atoms with E-state index in [1.165, 1.54) is 27.9 Å². The number of aromatic nitrogens is 1. The van der Waals surface area contributed by atoms with E-state index in [1.807, 2.05) is 6.20 Å². The normalized spacial score (nSPS) is 22.5. The molecule has 102 valence electrons. The molecule has 21 heavy (non-hydrogen) atoms. The quantitative estimate of drug-likeness (QED) is 0.708. The molecule has 1 aromatic heterocycles. The Labute approximate surface area is 123 Å². The predicted molar refractivity (Wildman–Crippen MR) is 85.7 cm³/mol. The highest BCUT2D eigenvalue weighted by molar-refractivity contribution is 5.92. The van der Waals surface area contributed by atoms with Gasteiger partial charge in [-0.15, -0.1) is 0 Å². The topological polar surface area (TPSA) is 20.5 Å². The van der Waals surface area contributed by atoms with E-state index in [0.29, 0.717) is 0 Å². The van der Waals surface area contributed by atoms with Gasteiger partial charge in [0.25, 0.3) is 0 Å². The van der Waals surface area contributed by atoms with Crippen LogP contribution >= 0.6 is 0 Å². The second kappa shape index (κ2) is 3.98. The van der Waals surface area contributed by atoms with Crippen LogP contribution in [-0.4, -0.2) is 15.7 Å². The molecule has 0 spiro atoms. The van der Waals surface area contributed by atoms with Gasteiger partial charge in [0, 0.05) is 41.5 Å². The third-order valence-electron chi connectivity index (χ3n) is 4.59. The standard InChI is InChI=1S/C18H15N3/c1-2-7-16-15(6-1)20-11-9-19-12-17(20)14-5-3-4-13-8-10-21(16)18(13)14/h2-5,7-12,17H,1,6H2. The number of hydrogen-bond acceptors (Lipinski definition) is 2. The number of fused-ring (bicyclic) bond motifs is 4. The van der Waals surface area contributed by atoms with Crippen molar-refractivity contribution in [2.24, 2.45) is 4.99 Å². The van der Waals surface area contributed by atoms with Crippen molar-refractivity contribution in [3.8, 4) is 0 Å². The maximum Gasteiger partial charge on any atom is 0.0959 e. The van der Waals surface area contributed by atoms with E-state index in [0.717, 1.165) is 12.8 Å². The Kier molecular flexibility index (Phi) is 2.11. The van der Waals surface area contributed by atoms with Crippen LogP contribution in [0.3, 0.4) is 0 Å². The molecule has 0 N–H and O–H groups in total. The number of para-hydroxylation sites is 1. The largest absolute Gasteiger partial charge is 0.335 e. The van der Waals surface area contributed by atoms with Crippen molar-refractivity contribution in [3.05, 3.63) is 66.3 Å². The van der Waals surface area contributed by atoms with Crippen LogP contribution in [0.4, 0.5) is 0 Å². The van der Waals surface area contributed by atoms with Crippen molar-refractivity contribution in [2.45, 2.75) is 18.9 Å². The first-order valence-corrected chi connectivity index (χ1v) is 7.42. The van der Waals surface area contributed by atoms with Gasteiger partial charge in [0.05, 0.1) is 17.3 Å². The lowest BCUT2D eigenvalue weighted by Gasteiger charge is -2.32. The Bertz CT molecular complexity index is 864. The van der Waals surface area contributed by atoms with Crippen LogP contribution in [-0.2, 0) is 0 Å². The zero-order valence-corrected chi connectivity index (χ0v) is 11.6. The Hall–Kier alpha value is -2.55. The number of benzene rings is 1. The Morgan fingerprint density at radius 1 is 1.19 bits per heavy atom. The maximum atomic E-state index is 4.39. The highest BCUT2D eigenvalue weighted by Crippen LogP contribution is 2.41. The van der Waals surface area contributed by atoms with E-state index >= 15 is 0 Å². The molecule has 0 radical (unpaired) electrons. The molecule has 1 aliphatic carbocycles. The van der Waals surface area contributed by atoms with Crippen LogP contribution in [0.2, 0.25) is 0 Å². The van der Waals surface area contributed by atoms with Crippen molar-refractivity contribution in [1.82, 2.24) is 9.47 Å². The van der Waals surface area contributed by atoms with Crippen LogP contribution in [0.5, 0.6) is 0 Å². The molecule has 3 nitrogen and oxygen atoms in total. The van der Waals surface area contributed by atoms with Crippen molar-refractivity contribution < 1.29 is 0 Å². The lowest BCUT2D eigenvalue weighted by molar-refractivity contribution is 0.410. The van der Waals surface area contributed by atoms with Gasteiger partial charge in [0.15, 0.2) is 0 Å². The molecule has 0 saturated heterocycles. The third-order valence-corrected chi connectivity index (χ3v) is 4.59. The zero-order chi connectivity index (χ0) is 13.8. The molecule has 3 heterocycles. The predicted octanol–water partition coefficient (Wildman–Crippen LogP) is 4.07. The molecule has 1 atom stereocenters. The molecule has 0 bridgehead atoms. The van der Waals surface area contributed by atoms with Crippen molar-refractivity contribution >= 4 is 22.8 Å². The Morgan fingerprint density at radius 3 is 3.19 bits per heavy atom. The lowest BCUT2D eigenvalue weighted by atomic mass is 10.0. The van der Waals surface area contributed by atoms with Gasteiger partial charge in [0.2, 0.25) is 0 Å². The van der Waals surface area contributed by atoms with E-state index in [9.17, 15) is 0 Å².